The molecule has 1 heterocycles. The molecule has 2 aliphatic rings. The van der Waals surface area contributed by atoms with Gasteiger partial charge in [0.25, 0.3) is 5.91 Å². The molecule has 0 saturated heterocycles. The first-order valence-electron chi connectivity index (χ1n) is 9.94. The molecule has 0 saturated carbocycles. The number of hydrogen-bond acceptors (Lipinski definition) is 4. The van der Waals surface area contributed by atoms with Crippen molar-refractivity contribution in [1.29, 1.82) is 0 Å². The summed E-state index contributed by atoms with van der Waals surface area (Å²) in [7, 11) is 0. The van der Waals surface area contributed by atoms with Gasteiger partial charge in [0.15, 0.2) is 0 Å². The Labute approximate surface area is 166 Å². The summed E-state index contributed by atoms with van der Waals surface area (Å²) in [4.78, 5) is 24.7. The van der Waals surface area contributed by atoms with Crippen molar-refractivity contribution >= 4 is 11.8 Å². The van der Waals surface area contributed by atoms with Crippen LogP contribution in [0.2, 0.25) is 0 Å². The zero-order valence-corrected chi connectivity index (χ0v) is 16.9. The van der Waals surface area contributed by atoms with E-state index in [1.807, 2.05) is 13.0 Å². The van der Waals surface area contributed by atoms with E-state index in [0.29, 0.717) is 12.2 Å². The zero-order chi connectivity index (χ0) is 20.3. The Bertz CT molecular complexity index is 798. The topological polar surface area (TPSA) is 87.7 Å². The van der Waals surface area contributed by atoms with Gasteiger partial charge in [-0.2, -0.15) is 0 Å². The number of hydrogen-bond donors (Lipinski definition) is 3. The number of rotatable bonds is 6. The number of carbonyl (C=O) groups excluding carboxylic acids is 2. The molecule has 0 radical (unpaired) electrons. The monoisotopic (exact) mass is 386 g/mol. The van der Waals surface area contributed by atoms with Crippen molar-refractivity contribution in [3.05, 3.63) is 40.5 Å². The van der Waals surface area contributed by atoms with Crippen LogP contribution in [-0.2, 0) is 11.2 Å². The molecule has 0 fully saturated rings. The average molecular weight is 386 g/mol. The number of aliphatic hydroxyl groups excluding tert-OH is 1. The van der Waals surface area contributed by atoms with Crippen LogP contribution in [0.15, 0.2) is 29.3 Å². The van der Waals surface area contributed by atoms with Crippen molar-refractivity contribution in [2.75, 3.05) is 19.7 Å². The van der Waals surface area contributed by atoms with Crippen molar-refractivity contribution in [1.82, 2.24) is 10.6 Å². The Morgan fingerprint density at radius 1 is 1.18 bits per heavy atom. The van der Waals surface area contributed by atoms with Crippen molar-refractivity contribution in [2.45, 2.75) is 52.6 Å². The zero-order valence-electron chi connectivity index (χ0n) is 16.9. The third-order valence-corrected chi connectivity index (χ3v) is 5.53. The van der Waals surface area contributed by atoms with Crippen LogP contribution in [0.1, 0.15) is 56.0 Å². The molecule has 6 heteroatoms. The van der Waals surface area contributed by atoms with Gasteiger partial charge in [-0.3, -0.25) is 9.59 Å². The Kier molecular flexibility index (Phi) is 6.08. The summed E-state index contributed by atoms with van der Waals surface area (Å²) < 4.78 is 5.44. The highest BCUT2D eigenvalue weighted by atomic mass is 16.5. The molecule has 1 atom stereocenters. The second-order valence-corrected chi connectivity index (χ2v) is 8.59. The van der Waals surface area contributed by atoms with Gasteiger partial charge in [0.1, 0.15) is 5.75 Å². The fourth-order valence-corrected chi connectivity index (χ4v) is 3.93. The fraction of sp³-hybridized carbons (Fsp3) is 0.545. The van der Waals surface area contributed by atoms with Gasteiger partial charge in [-0.05, 0) is 55.4 Å². The largest absolute Gasteiger partial charge is 0.493 e. The van der Waals surface area contributed by atoms with E-state index in [1.54, 1.807) is 12.1 Å². The van der Waals surface area contributed by atoms with Gasteiger partial charge in [0.05, 0.1) is 12.7 Å². The lowest BCUT2D eigenvalue weighted by Crippen LogP contribution is -2.41. The third kappa shape index (κ3) is 4.93. The van der Waals surface area contributed by atoms with Crippen LogP contribution >= 0.6 is 0 Å². The summed E-state index contributed by atoms with van der Waals surface area (Å²) >= 11 is 0. The molecule has 2 amide bonds. The summed E-state index contributed by atoms with van der Waals surface area (Å²) in [6.45, 7) is 7.27. The first-order valence-corrected chi connectivity index (χ1v) is 9.94. The molecule has 0 unspecified atom stereocenters. The molecular weight excluding hydrogens is 356 g/mol. The van der Waals surface area contributed by atoms with Gasteiger partial charge < -0.3 is 20.5 Å². The number of ether oxygens (including phenoxy) is 1. The SMILES string of the molecule is CC1=C(C(=O)NC[C@@H](O)CNC(=O)c2ccc3c(c2)CCO3)CCC(C)(C)C1. The summed E-state index contributed by atoms with van der Waals surface area (Å²) in [6, 6.07) is 5.34. The lowest BCUT2D eigenvalue weighted by atomic mass is 9.74. The van der Waals surface area contributed by atoms with E-state index in [1.165, 1.54) is 0 Å². The number of carbonyl (C=O) groups is 2. The van der Waals surface area contributed by atoms with E-state index in [0.717, 1.165) is 48.1 Å². The van der Waals surface area contributed by atoms with Crippen LogP contribution in [0.3, 0.4) is 0 Å². The van der Waals surface area contributed by atoms with Gasteiger partial charge >= 0.3 is 0 Å². The van der Waals surface area contributed by atoms with E-state index in [9.17, 15) is 14.7 Å². The van der Waals surface area contributed by atoms with Crippen molar-refractivity contribution in [3.63, 3.8) is 0 Å². The smallest absolute Gasteiger partial charge is 0.251 e. The van der Waals surface area contributed by atoms with E-state index < -0.39 is 6.10 Å². The van der Waals surface area contributed by atoms with Crippen LogP contribution in [0.25, 0.3) is 0 Å². The quantitative estimate of drug-likeness (QED) is 0.700. The highest BCUT2D eigenvalue weighted by Crippen LogP contribution is 2.38. The lowest BCUT2D eigenvalue weighted by molar-refractivity contribution is -0.118. The van der Waals surface area contributed by atoms with Crippen molar-refractivity contribution in [3.8, 4) is 5.75 Å². The first-order chi connectivity index (χ1) is 13.2. The first kappa shape index (κ1) is 20.4. The maximum Gasteiger partial charge on any atom is 0.251 e. The molecule has 0 spiro atoms. The lowest BCUT2D eigenvalue weighted by Gasteiger charge is -2.31. The summed E-state index contributed by atoms with van der Waals surface area (Å²) in [5.41, 5.74) is 3.76. The van der Waals surface area contributed by atoms with Gasteiger partial charge in [-0.25, -0.2) is 0 Å². The number of fused-ring (bicyclic) bond motifs is 1. The molecule has 3 rings (SSSR count). The molecule has 3 N–H and O–H groups in total. The van der Waals surface area contributed by atoms with Gasteiger partial charge in [0, 0.05) is 30.6 Å². The Balaban J connectivity index is 1.45. The third-order valence-electron chi connectivity index (χ3n) is 5.53. The molecule has 0 bridgehead atoms. The Morgan fingerprint density at radius 3 is 2.61 bits per heavy atom. The molecule has 6 nitrogen and oxygen atoms in total. The molecule has 1 aliphatic heterocycles. The Hall–Kier alpha value is -2.34. The van der Waals surface area contributed by atoms with Crippen molar-refractivity contribution < 1.29 is 19.4 Å². The second kappa shape index (κ2) is 8.35. The van der Waals surface area contributed by atoms with Crippen LogP contribution < -0.4 is 15.4 Å². The summed E-state index contributed by atoms with van der Waals surface area (Å²) in [5, 5.41) is 15.6. The average Bonchev–Trinajstić information content (AvgIpc) is 3.11. The molecule has 152 valence electrons. The van der Waals surface area contributed by atoms with Gasteiger partial charge in [-0.15, -0.1) is 0 Å². The summed E-state index contributed by atoms with van der Waals surface area (Å²) in [5.74, 6) is 0.472. The minimum Gasteiger partial charge on any atom is -0.493 e. The van der Waals surface area contributed by atoms with Gasteiger partial charge in [0.2, 0.25) is 5.91 Å². The second-order valence-electron chi connectivity index (χ2n) is 8.59. The van der Waals surface area contributed by atoms with Crippen molar-refractivity contribution in [2.24, 2.45) is 5.41 Å². The normalized spacial score (nSPS) is 18.9. The van der Waals surface area contributed by atoms with E-state index in [-0.39, 0.29) is 30.3 Å². The maximum absolute atomic E-state index is 12.4. The molecule has 1 aromatic carbocycles. The standard InChI is InChI=1S/C22H30N2O4/c1-14-11-22(2,3)8-6-18(14)21(27)24-13-17(25)12-23-20(26)16-4-5-19-15(10-16)7-9-28-19/h4-5,10,17,25H,6-9,11-13H2,1-3H3,(H,23,26)(H,24,27)/t17-/m0/s1. The van der Waals surface area contributed by atoms with E-state index in [2.05, 4.69) is 24.5 Å². The van der Waals surface area contributed by atoms with E-state index in [4.69, 9.17) is 4.74 Å². The number of amides is 2. The minimum atomic E-state index is -0.841. The predicted octanol–water partition coefficient (Wildman–Crippen LogP) is 2.35. The molecule has 1 aliphatic carbocycles. The number of nitrogens with one attached hydrogen (secondary N) is 2. The molecule has 1 aromatic rings. The highest BCUT2D eigenvalue weighted by molar-refractivity contribution is 5.95. The highest BCUT2D eigenvalue weighted by Gasteiger charge is 2.28. The maximum atomic E-state index is 12.4. The van der Waals surface area contributed by atoms with Gasteiger partial charge in [-0.1, -0.05) is 19.4 Å². The van der Waals surface area contributed by atoms with Crippen LogP contribution in [0.5, 0.6) is 5.75 Å². The number of benzene rings is 1. The number of allylic oxidation sites excluding steroid dienone is 1. The minimum absolute atomic E-state index is 0.0811. The molecular formula is C22H30N2O4. The van der Waals surface area contributed by atoms with E-state index >= 15 is 0 Å². The Morgan fingerprint density at radius 2 is 1.89 bits per heavy atom. The van der Waals surface area contributed by atoms with Crippen LogP contribution in [0, 0.1) is 5.41 Å². The summed E-state index contributed by atoms with van der Waals surface area (Å²) in [6.07, 6.45) is 2.63. The van der Waals surface area contributed by atoms with Crippen LogP contribution in [-0.4, -0.2) is 42.7 Å². The number of aliphatic hydroxyl groups is 1. The molecule has 0 aromatic heterocycles. The fourth-order valence-electron chi connectivity index (χ4n) is 3.93. The van der Waals surface area contributed by atoms with Crippen LogP contribution in [0.4, 0.5) is 0 Å². The molecule has 28 heavy (non-hydrogen) atoms. The predicted molar refractivity (Wildman–Crippen MR) is 107 cm³/mol.